The number of hydrogen-bond acceptors (Lipinski definition) is 1. The highest BCUT2D eigenvalue weighted by atomic mass is 35.5. The molecule has 1 rings (SSSR count). The molecule has 0 aliphatic heterocycles. The second kappa shape index (κ2) is 6.58. The van der Waals surface area contributed by atoms with Crippen LogP contribution in [0.2, 0.25) is 5.02 Å². The van der Waals surface area contributed by atoms with Crippen LogP contribution in [0.15, 0.2) is 24.3 Å². The molecule has 0 fully saturated rings. The predicted octanol–water partition coefficient (Wildman–Crippen LogP) is 5.06. The smallest absolute Gasteiger partial charge is 0.0406 e. The van der Waals surface area contributed by atoms with Gasteiger partial charge in [-0.2, -0.15) is 0 Å². The normalized spacial score (nSPS) is 13.9. The molecule has 1 N–H and O–H groups in total. The van der Waals surface area contributed by atoms with Crippen LogP contribution in [-0.4, -0.2) is 6.54 Å². The number of nitrogens with one attached hydrogen (secondary N) is 1. The van der Waals surface area contributed by atoms with Gasteiger partial charge in [-0.1, -0.05) is 58.4 Å². The molecular weight excluding hydrogens is 242 g/mol. The van der Waals surface area contributed by atoms with Crippen molar-refractivity contribution in [3.8, 4) is 0 Å². The van der Waals surface area contributed by atoms with Gasteiger partial charge in [-0.15, -0.1) is 0 Å². The lowest BCUT2D eigenvalue weighted by Gasteiger charge is -2.26. The van der Waals surface area contributed by atoms with Gasteiger partial charge in [-0.05, 0) is 42.0 Å². The molecule has 1 aromatic rings. The van der Waals surface area contributed by atoms with Gasteiger partial charge in [-0.3, -0.25) is 0 Å². The Labute approximate surface area is 117 Å². The van der Waals surface area contributed by atoms with Crippen molar-refractivity contribution in [2.24, 2.45) is 11.3 Å². The highest BCUT2D eigenvalue weighted by Crippen LogP contribution is 2.24. The van der Waals surface area contributed by atoms with E-state index in [1.54, 1.807) is 0 Å². The van der Waals surface area contributed by atoms with E-state index in [0.717, 1.165) is 11.6 Å². The predicted molar refractivity (Wildman–Crippen MR) is 81.1 cm³/mol. The van der Waals surface area contributed by atoms with Crippen LogP contribution in [0, 0.1) is 11.3 Å². The topological polar surface area (TPSA) is 12.0 Å². The SMILES string of the molecule is CC(C)C(NCCC(C)(C)C)c1ccc(Cl)cc1. The van der Waals surface area contributed by atoms with E-state index in [9.17, 15) is 0 Å². The largest absolute Gasteiger partial charge is 0.310 e. The molecule has 0 saturated heterocycles. The number of hydrogen-bond donors (Lipinski definition) is 1. The highest BCUT2D eigenvalue weighted by molar-refractivity contribution is 6.30. The molecule has 0 aromatic heterocycles. The summed E-state index contributed by atoms with van der Waals surface area (Å²) < 4.78 is 0. The number of halogens is 1. The van der Waals surface area contributed by atoms with Crippen molar-refractivity contribution in [1.29, 1.82) is 0 Å². The Morgan fingerprint density at radius 1 is 1.11 bits per heavy atom. The highest BCUT2D eigenvalue weighted by Gasteiger charge is 2.16. The summed E-state index contributed by atoms with van der Waals surface area (Å²) in [5.41, 5.74) is 1.71. The van der Waals surface area contributed by atoms with E-state index in [-0.39, 0.29) is 0 Å². The van der Waals surface area contributed by atoms with Gasteiger partial charge in [0.15, 0.2) is 0 Å². The molecular formula is C16H26ClN. The van der Waals surface area contributed by atoms with E-state index in [1.807, 2.05) is 12.1 Å². The van der Waals surface area contributed by atoms with E-state index < -0.39 is 0 Å². The molecule has 0 spiro atoms. The summed E-state index contributed by atoms with van der Waals surface area (Å²) in [5, 5.41) is 4.47. The lowest BCUT2D eigenvalue weighted by molar-refractivity contribution is 0.333. The van der Waals surface area contributed by atoms with E-state index in [0.29, 0.717) is 17.4 Å². The maximum atomic E-state index is 5.94. The second-order valence-electron chi connectivity index (χ2n) is 6.54. The summed E-state index contributed by atoms with van der Waals surface area (Å²) in [5.74, 6) is 0.575. The van der Waals surface area contributed by atoms with Gasteiger partial charge in [-0.25, -0.2) is 0 Å². The van der Waals surface area contributed by atoms with Gasteiger partial charge in [0.1, 0.15) is 0 Å². The molecule has 0 amide bonds. The maximum Gasteiger partial charge on any atom is 0.0406 e. The Morgan fingerprint density at radius 2 is 1.67 bits per heavy atom. The first-order valence-electron chi connectivity index (χ1n) is 6.78. The minimum atomic E-state index is 0.383. The van der Waals surface area contributed by atoms with Crippen LogP contribution in [0.1, 0.15) is 52.6 Å². The third-order valence-electron chi connectivity index (χ3n) is 3.14. The molecule has 1 aromatic carbocycles. The zero-order valence-corrected chi connectivity index (χ0v) is 13.0. The summed E-state index contributed by atoms with van der Waals surface area (Å²) in [7, 11) is 0. The first-order valence-corrected chi connectivity index (χ1v) is 7.16. The summed E-state index contributed by atoms with van der Waals surface area (Å²) in [6.07, 6.45) is 1.18. The van der Waals surface area contributed by atoms with Gasteiger partial charge < -0.3 is 5.32 Å². The summed E-state index contributed by atoms with van der Waals surface area (Å²) in [4.78, 5) is 0. The number of benzene rings is 1. The summed E-state index contributed by atoms with van der Waals surface area (Å²) in [6, 6.07) is 8.59. The molecule has 1 nitrogen and oxygen atoms in total. The van der Waals surface area contributed by atoms with E-state index in [2.05, 4.69) is 52.1 Å². The fraction of sp³-hybridized carbons (Fsp3) is 0.625. The zero-order chi connectivity index (χ0) is 13.8. The van der Waals surface area contributed by atoms with Gasteiger partial charge >= 0.3 is 0 Å². The minimum absolute atomic E-state index is 0.383. The van der Waals surface area contributed by atoms with Crippen molar-refractivity contribution in [3.05, 3.63) is 34.9 Å². The lowest BCUT2D eigenvalue weighted by atomic mass is 9.91. The Kier molecular flexibility index (Phi) is 5.68. The van der Waals surface area contributed by atoms with Crippen LogP contribution in [0.4, 0.5) is 0 Å². The van der Waals surface area contributed by atoms with Crippen LogP contribution in [0.25, 0.3) is 0 Å². The monoisotopic (exact) mass is 267 g/mol. The van der Waals surface area contributed by atoms with Gasteiger partial charge in [0.05, 0.1) is 0 Å². The van der Waals surface area contributed by atoms with Crippen molar-refractivity contribution in [1.82, 2.24) is 5.32 Å². The van der Waals surface area contributed by atoms with E-state index in [4.69, 9.17) is 11.6 Å². The first kappa shape index (κ1) is 15.5. The minimum Gasteiger partial charge on any atom is -0.310 e. The average molecular weight is 268 g/mol. The zero-order valence-electron chi connectivity index (χ0n) is 12.3. The Bertz CT molecular complexity index is 348. The third-order valence-corrected chi connectivity index (χ3v) is 3.39. The van der Waals surface area contributed by atoms with Crippen molar-refractivity contribution in [2.45, 2.75) is 47.1 Å². The average Bonchev–Trinajstić information content (AvgIpc) is 2.24. The fourth-order valence-electron chi connectivity index (χ4n) is 2.01. The molecule has 1 unspecified atom stereocenters. The third kappa shape index (κ3) is 5.41. The molecule has 0 radical (unpaired) electrons. The van der Waals surface area contributed by atoms with E-state index in [1.165, 1.54) is 12.0 Å². The Hall–Kier alpha value is -0.530. The summed E-state index contributed by atoms with van der Waals surface area (Å²) >= 11 is 5.94. The molecule has 0 bridgehead atoms. The van der Waals surface area contributed by atoms with Crippen LogP contribution < -0.4 is 5.32 Å². The number of rotatable bonds is 5. The molecule has 0 heterocycles. The quantitative estimate of drug-likeness (QED) is 0.786. The van der Waals surface area contributed by atoms with Crippen molar-refractivity contribution in [3.63, 3.8) is 0 Å². The van der Waals surface area contributed by atoms with Gasteiger partial charge in [0.25, 0.3) is 0 Å². The van der Waals surface area contributed by atoms with Crippen molar-refractivity contribution >= 4 is 11.6 Å². The van der Waals surface area contributed by atoms with Crippen molar-refractivity contribution < 1.29 is 0 Å². The summed E-state index contributed by atoms with van der Waals surface area (Å²) in [6.45, 7) is 12.4. The lowest BCUT2D eigenvalue weighted by Crippen LogP contribution is -2.28. The standard InChI is InChI=1S/C16H26ClN/c1-12(2)15(18-11-10-16(3,4)5)13-6-8-14(17)9-7-13/h6-9,12,15,18H,10-11H2,1-5H3. The molecule has 18 heavy (non-hydrogen) atoms. The fourth-order valence-corrected chi connectivity index (χ4v) is 2.14. The second-order valence-corrected chi connectivity index (χ2v) is 6.97. The molecule has 0 aliphatic carbocycles. The van der Waals surface area contributed by atoms with Crippen LogP contribution in [-0.2, 0) is 0 Å². The Balaban J connectivity index is 2.63. The van der Waals surface area contributed by atoms with E-state index >= 15 is 0 Å². The molecule has 2 heteroatoms. The van der Waals surface area contributed by atoms with Gasteiger partial charge in [0, 0.05) is 11.1 Å². The molecule has 0 aliphatic rings. The van der Waals surface area contributed by atoms with Crippen molar-refractivity contribution in [2.75, 3.05) is 6.54 Å². The molecule has 0 saturated carbocycles. The van der Waals surface area contributed by atoms with Gasteiger partial charge in [0.2, 0.25) is 0 Å². The maximum absolute atomic E-state index is 5.94. The first-order chi connectivity index (χ1) is 8.29. The van der Waals surface area contributed by atoms with Crippen LogP contribution in [0.3, 0.4) is 0 Å². The molecule has 102 valence electrons. The van der Waals surface area contributed by atoms with Crippen LogP contribution >= 0.6 is 11.6 Å². The Morgan fingerprint density at radius 3 is 2.11 bits per heavy atom. The molecule has 1 atom stereocenters. The van der Waals surface area contributed by atoms with Crippen LogP contribution in [0.5, 0.6) is 0 Å².